The second-order valence-electron chi connectivity index (χ2n) is 1.92. The molecule has 66 valence electrons. The Hall–Kier alpha value is -0.0505. The summed E-state index contributed by atoms with van der Waals surface area (Å²) in [7, 11) is 0. The molecule has 0 heterocycles. The zero-order chi connectivity index (χ0) is 7.07. The third kappa shape index (κ3) is 8.05. The molecule has 0 amide bonds. The van der Waals surface area contributed by atoms with Gasteiger partial charge in [-0.2, -0.15) is 36.4 Å². The van der Waals surface area contributed by atoms with E-state index in [1.165, 1.54) is 0 Å². The van der Waals surface area contributed by atoms with Gasteiger partial charge in [-0.05, 0) is 0 Å². The Morgan fingerprint density at radius 2 is 0.833 bits per heavy atom. The molecule has 2 aromatic rings. The maximum Gasteiger partial charge on any atom is 2.00 e. The van der Waals surface area contributed by atoms with Gasteiger partial charge in [-0.15, -0.1) is 24.0 Å². The number of hydrogen-bond donors (Lipinski definition) is 0. The van der Waals surface area contributed by atoms with Gasteiger partial charge >= 0.3 is 17.1 Å². The predicted molar refractivity (Wildman–Crippen MR) is 59.5 cm³/mol. The molecule has 0 aromatic heterocycles. The molecule has 12 heavy (non-hydrogen) atoms. The van der Waals surface area contributed by atoms with Gasteiger partial charge in [0.25, 0.3) is 0 Å². The van der Waals surface area contributed by atoms with Gasteiger partial charge in [-0.1, -0.05) is 0 Å². The van der Waals surface area contributed by atoms with Gasteiger partial charge in [0, 0.05) is 0 Å². The van der Waals surface area contributed by atoms with Crippen LogP contribution >= 0.6 is 24.0 Å². The van der Waals surface area contributed by atoms with Gasteiger partial charge in [0.1, 0.15) is 0 Å². The minimum Gasteiger partial charge on any atom is -0.214 e. The van der Waals surface area contributed by atoms with Crippen molar-refractivity contribution < 1.29 is 17.1 Å². The second-order valence-corrected chi connectivity index (χ2v) is 1.92. The Balaban J connectivity index is 0. The summed E-state index contributed by atoms with van der Waals surface area (Å²) in [6.07, 6.45) is 0. The summed E-state index contributed by atoms with van der Waals surface area (Å²) in [4.78, 5) is 0. The molecule has 0 aliphatic heterocycles. The first kappa shape index (κ1) is 14.5. The maximum atomic E-state index is 2.00. The van der Waals surface area contributed by atoms with Crippen molar-refractivity contribution in [3.05, 3.63) is 60.7 Å². The Kier molecular flexibility index (Phi) is 13.2. The Labute approximate surface area is 101 Å². The van der Waals surface area contributed by atoms with Crippen LogP contribution in [-0.4, -0.2) is 0 Å². The van der Waals surface area contributed by atoms with Crippen LogP contribution in [0.3, 0.4) is 0 Å². The largest absolute Gasteiger partial charge is 2.00 e. The fourth-order valence-corrected chi connectivity index (χ4v) is 0.642. The van der Waals surface area contributed by atoms with E-state index < -0.39 is 0 Å². The normalized spacial score (nSPS) is 6.67. The Bertz CT molecular complexity index is 149. The molecule has 2 aromatic carbocycles. The van der Waals surface area contributed by atoms with E-state index in [0.717, 1.165) is 0 Å². The molecule has 0 saturated heterocycles. The summed E-state index contributed by atoms with van der Waals surface area (Å²) in [6, 6.07) is 20.0. The Morgan fingerprint density at radius 1 is 0.583 bits per heavy atom. The average Bonchev–Trinajstić information content (AvgIpc) is 2.67. The van der Waals surface area contributed by atoms with Gasteiger partial charge in [0.2, 0.25) is 0 Å². The van der Waals surface area contributed by atoms with Crippen molar-refractivity contribution in [3.63, 3.8) is 0 Å². The molecule has 0 aliphatic carbocycles. The van der Waals surface area contributed by atoms with E-state index in [2.05, 4.69) is 0 Å². The van der Waals surface area contributed by atoms with Gasteiger partial charge in [0.05, 0.1) is 0 Å². The van der Waals surface area contributed by atoms with E-state index in [9.17, 15) is 0 Å². The zero-order valence-electron chi connectivity index (χ0n) is 6.54. The quantitative estimate of drug-likeness (QED) is 0.397. The molecule has 0 atom stereocenters. The summed E-state index contributed by atoms with van der Waals surface area (Å²) in [5.41, 5.74) is 0. The van der Waals surface area contributed by atoms with Crippen LogP contribution in [0.2, 0.25) is 0 Å². The van der Waals surface area contributed by atoms with Crippen LogP contribution < -0.4 is 0 Å². The molecule has 0 spiro atoms. The molecule has 0 radical (unpaired) electrons. The first-order valence-corrected chi connectivity index (χ1v) is 3.33. The van der Waals surface area contributed by atoms with E-state index in [0.29, 0.717) is 0 Å². The Morgan fingerprint density at radius 3 is 0.917 bits per heavy atom. The minimum atomic E-state index is 0. The molecule has 2 heteroatoms. The second kappa shape index (κ2) is 10.9. The molecular weight excluding hydrogens is 303 g/mol. The van der Waals surface area contributed by atoms with Crippen LogP contribution in [0, 0.1) is 0 Å². The fraction of sp³-hybridized carbons (Fsp3) is 0. The summed E-state index contributed by atoms with van der Waals surface area (Å²) >= 11 is 0. The molecule has 0 aliphatic rings. The molecule has 0 bridgehead atoms. The fourth-order valence-electron chi connectivity index (χ4n) is 0.642. The predicted octanol–water partition coefficient (Wildman–Crippen LogP) is 3.43. The van der Waals surface area contributed by atoms with Crippen molar-refractivity contribution in [1.82, 2.24) is 0 Å². The van der Waals surface area contributed by atoms with Crippen molar-refractivity contribution in [2.75, 3.05) is 0 Å². The molecule has 0 nitrogen and oxygen atoms in total. The van der Waals surface area contributed by atoms with E-state index in [1.54, 1.807) is 0 Å². The van der Waals surface area contributed by atoms with E-state index >= 15 is 0 Å². The van der Waals surface area contributed by atoms with Crippen molar-refractivity contribution in [3.8, 4) is 0 Å². The van der Waals surface area contributed by atoms with E-state index in [-0.39, 0.29) is 41.0 Å². The van der Waals surface area contributed by atoms with Crippen LogP contribution in [0.4, 0.5) is 0 Å². The van der Waals surface area contributed by atoms with Crippen LogP contribution in [0.15, 0.2) is 60.7 Å². The van der Waals surface area contributed by atoms with Gasteiger partial charge < -0.3 is 0 Å². The smallest absolute Gasteiger partial charge is 0.214 e. The SMILES string of the molecule is I.[Fe+2].c1cc[cH-]c1.c1cc[cH-]c1. The van der Waals surface area contributed by atoms with E-state index in [4.69, 9.17) is 0 Å². The van der Waals surface area contributed by atoms with Crippen LogP contribution in [0.1, 0.15) is 0 Å². The maximum absolute atomic E-state index is 2.00. The van der Waals surface area contributed by atoms with Gasteiger partial charge in [0.15, 0.2) is 0 Å². The van der Waals surface area contributed by atoms with Crippen LogP contribution in [0.5, 0.6) is 0 Å². The van der Waals surface area contributed by atoms with Crippen molar-refractivity contribution in [1.29, 1.82) is 0 Å². The number of hydrogen-bond acceptors (Lipinski definition) is 0. The molecule has 0 saturated carbocycles. The third-order valence-electron chi connectivity index (χ3n) is 1.11. The summed E-state index contributed by atoms with van der Waals surface area (Å²) in [6.45, 7) is 0. The third-order valence-corrected chi connectivity index (χ3v) is 1.11. The topological polar surface area (TPSA) is 0 Å². The van der Waals surface area contributed by atoms with Crippen molar-refractivity contribution in [2.24, 2.45) is 0 Å². The molecule has 0 fully saturated rings. The monoisotopic (exact) mass is 314 g/mol. The van der Waals surface area contributed by atoms with Crippen LogP contribution in [-0.2, 0) is 17.1 Å². The first-order valence-electron chi connectivity index (χ1n) is 3.33. The van der Waals surface area contributed by atoms with Crippen LogP contribution in [0.25, 0.3) is 0 Å². The van der Waals surface area contributed by atoms with Gasteiger partial charge in [-0.3, -0.25) is 0 Å². The molecule has 0 unspecified atom stereocenters. The summed E-state index contributed by atoms with van der Waals surface area (Å²) in [5, 5.41) is 0. The molecular formula is C10H11FeI. The summed E-state index contributed by atoms with van der Waals surface area (Å²) < 4.78 is 0. The van der Waals surface area contributed by atoms with E-state index in [1.807, 2.05) is 60.7 Å². The first-order chi connectivity index (χ1) is 5.00. The molecule has 2 rings (SSSR count). The van der Waals surface area contributed by atoms with Crippen molar-refractivity contribution >= 4 is 24.0 Å². The average molecular weight is 314 g/mol. The standard InChI is InChI=1S/2C5H5.Fe.HI/c2*1-2-4-5-3-1;;/h2*1-5H;;1H/q2*-1;+2;. The summed E-state index contributed by atoms with van der Waals surface area (Å²) in [5.74, 6) is 0. The van der Waals surface area contributed by atoms with Gasteiger partial charge in [-0.25, -0.2) is 24.3 Å². The van der Waals surface area contributed by atoms with Crippen molar-refractivity contribution in [2.45, 2.75) is 0 Å². The molecule has 0 N–H and O–H groups in total. The minimum absolute atomic E-state index is 0. The number of rotatable bonds is 0. The number of halogens is 1. The zero-order valence-corrected chi connectivity index (χ0v) is 9.97.